The molecule has 0 spiro atoms. The Hall–Kier alpha value is -1.86. The van der Waals surface area contributed by atoms with Gasteiger partial charge in [0.1, 0.15) is 5.15 Å². The number of anilines is 1. The Morgan fingerprint density at radius 1 is 1.24 bits per heavy atom. The molecule has 21 heavy (non-hydrogen) atoms. The third kappa shape index (κ3) is 3.83. The van der Waals surface area contributed by atoms with Gasteiger partial charge in [-0.2, -0.15) is 13.2 Å². The maximum atomic E-state index is 12.6. The van der Waals surface area contributed by atoms with E-state index in [1.165, 1.54) is 12.1 Å². The molecule has 1 N–H and O–H groups in total. The molecule has 1 heterocycles. The maximum Gasteiger partial charge on any atom is 0.416 e. The van der Waals surface area contributed by atoms with Crippen LogP contribution in [0.25, 0.3) is 0 Å². The van der Waals surface area contributed by atoms with E-state index in [-0.39, 0.29) is 21.7 Å². The fourth-order valence-electron chi connectivity index (χ4n) is 1.47. The average Bonchev–Trinajstić information content (AvgIpc) is 2.37. The molecule has 0 aliphatic rings. The summed E-state index contributed by atoms with van der Waals surface area (Å²) < 4.78 is 37.7. The van der Waals surface area contributed by atoms with E-state index in [0.29, 0.717) is 0 Å². The van der Waals surface area contributed by atoms with E-state index in [1.54, 1.807) is 0 Å². The van der Waals surface area contributed by atoms with Gasteiger partial charge < -0.3 is 5.32 Å². The molecule has 2 aromatic rings. The first kappa shape index (κ1) is 15.5. The molecule has 0 radical (unpaired) electrons. The number of nitrogens with one attached hydrogen (secondary N) is 1. The van der Waals surface area contributed by atoms with Gasteiger partial charge in [0, 0.05) is 11.9 Å². The summed E-state index contributed by atoms with van der Waals surface area (Å²) in [6, 6.07) is 4.20. The molecular formula is C12H6Cl2F3N3O. The molecule has 0 aliphatic heterocycles. The average molecular weight is 336 g/mol. The Morgan fingerprint density at radius 3 is 2.57 bits per heavy atom. The molecule has 2 rings (SSSR count). The van der Waals surface area contributed by atoms with Crippen molar-refractivity contribution < 1.29 is 18.0 Å². The van der Waals surface area contributed by atoms with Gasteiger partial charge in [-0.3, -0.25) is 4.79 Å². The zero-order chi connectivity index (χ0) is 15.6. The van der Waals surface area contributed by atoms with Crippen LogP contribution in [0.4, 0.5) is 18.9 Å². The summed E-state index contributed by atoms with van der Waals surface area (Å²) in [6.45, 7) is 0. The number of aromatic nitrogens is 2. The fraction of sp³-hybridized carbons (Fsp3) is 0.0833. The monoisotopic (exact) mass is 335 g/mol. The number of amides is 1. The summed E-state index contributed by atoms with van der Waals surface area (Å²) in [5.41, 5.74) is -1.00. The van der Waals surface area contributed by atoms with Crippen LogP contribution in [0.2, 0.25) is 10.4 Å². The standard InChI is InChI=1S/C12H6Cl2F3N3O/c13-9-8(5-18-11(14)20-9)10(21)19-7-3-1-2-6(4-7)12(15,16)17/h1-5H,(H,19,21). The predicted molar refractivity (Wildman–Crippen MR) is 71.4 cm³/mol. The number of hydrogen-bond acceptors (Lipinski definition) is 3. The summed E-state index contributed by atoms with van der Waals surface area (Å²) in [4.78, 5) is 19.1. The van der Waals surface area contributed by atoms with Crippen molar-refractivity contribution >= 4 is 34.8 Å². The number of carbonyl (C=O) groups excluding carboxylic acids is 1. The number of carbonyl (C=O) groups is 1. The summed E-state index contributed by atoms with van der Waals surface area (Å²) in [5.74, 6) is -0.740. The molecule has 0 saturated carbocycles. The number of alkyl halides is 3. The molecule has 1 aromatic heterocycles. The minimum atomic E-state index is -4.50. The van der Waals surface area contributed by atoms with Gasteiger partial charge in [0.05, 0.1) is 11.1 Å². The van der Waals surface area contributed by atoms with E-state index in [1.807, 2.05) is 0 Å². The second-order valence-electron chi connectivity index (χ2n) is 3.88. The topological polar surface area (TPSA) is 54.9 Å². The molecule has 0 saturated heterocycles. The minimum absolute atomic E-state index is 0.0270. The van der Waals surface area contributed by atoms with E-state index in [2.05, 4.69) is 15.3 Å². The van der Waals surface area contributed by atoms with Gasteiger partial charge in [0.15, 0.2) is 0 Å². The normalized spacial score (nSPS) is 11.3. The van der Waals surface area contributed by atoms with Crippen LogP contribution in [0, 0.1) is 0 Å². The van der Waals surface area contributed by atoms with Gasteiger partial charge in [-0.05, 0) is 29.8 Å². The highest BCUT2D eigenvalue weighted by atomic mass is 35.5. The van der Waals surface area contributed by atoms with Crippen molar-refractivity contribution in [1.82, 2.24) is 9.97 Å². The summed E-state index contributed by atoms with van der Waals surface area (Å²) in [5, 5.41) is 1.95. The second-order valence-corrected chi connectivity index (χ2v) is 4.57. The van der Waals surface area contributed by atoms with Crippen LogP contribution in [0.1, 0.15) is 15.9 Å². The number of rotatable bonds is 2. The number of halogens is 5. The van der Waals surface area contributed by atoms with Crippen molar-refractivity contribution in [2.75, 3.05) is 5.32 Å². The lowest BCUT2D eigenvalue weighted by atomic mass is 10.2. The van der Waals surface area contributed by atoms with E-state index >= 15 is 0 Å². The Balaban J connectivity index is 2.24. The molecule has 0 aliphatic carbocycles. The van der Waals surface area contributed by atoms with Crippen molar-refractivity contribution in [2.24, 2.45) is 0 Å². The lowest BCUT2D eigenvalue weighted by Crippen LogP contribution is -2.14. The minimum Gasteiger partial charge on any atom is -0.322 e. The molecule has 0 unspecified atom stereocenters. The first-order valence-corrected chi connectivity index (χ1v) is 6.19. The SMILES string of the molecule is O=C(Nc1cccc(C(F)(F)F)c1)c1cnc(Cl)nc1Cl. The molecular weight excluding hydrogens is 330 g/mol. The molecule has 110 valence electrons. The van der Waals surface area contributed by atoms with Crippen LogP contribution in [-0.2, 0) is 6.18 Å². The third-order valence-electron chi connectivity index (χ3n) is 2.41. The van der Waals surface area contributed by atoms with Crippen molar-refractivity contribution in [3.05, 3.63) is 52.0 Å². The first-order chi connectivity index (χ1) is 9.77. The lowest BCUT2D eigenvalue weighted by molar-refractivity contribution is -0.137. The molecule has 1 amide bonds. The van der Waals surface area contributed by atoms with Crippen molar-refractivity contribution in [2.45, 2.75) is 6.18 Å². The largest absolute Gasteiger partial charge is 0.416 e. The lowest BCUT2D eigenvalue weighted by Gasteiger charge is -2.10. The van der Waals surface area contributed by atoms with Crippen LogP contribution in [0.5, 0.6) is 0 Å². The fourth-order valence-corrected chi connectivity index (χ4v) is 1.86. The number of nitrogens with zero attached hydrogens (tertiary/aromatic N) is 2. The molecule has 0 bridgehead atoms. The van der Waals surface area contributed by atoms with Gasteiger partial charge in [-0.25, -0.2) is 9.97 Å². The van der Waals surface area contributed by atoms with E-state index < -0.39 is 17.6 Å². The smallest absolute Gasteiger partial charge is 0.322 e. The zero-order valence-electron chi connectivity index (χ0n) is 10.1. The van der Waals surface area contributed by atoms with Gasteiger partial charge in [-0.15, -0.1) is 0 Å². The Labute approximate surface area is 126 Å². The maximum absolute atomic E-state index is 12.6. The molecule has 9 heteroatoms. The quantitative estimate of drug-likeness (QED) is 0.665. The van der Waals surface area contributed by atoms with E-state index in [4.69, 9.17) is 23.2 Å². The molecule has 1 aromatic carbocycles. The highest BCUT2D eigenvalue weighted by molar-refractivity contribution is 6.34. The molecule has 0 fully saturated rings. The zero-order valence-corrected chi connectivity index (χ0v) is 11.6. The Morgan fingerprint density at radius 2 is 1.95 bits per heavy atom. The summed E-state index contributed by atoms with van der Waals surface area (Å²) in [6.07, 6.45) is -3.41. The Bertz CT molecular complexity index is 692. The van der Waals surface area contributed by atoms with Crippen LogP contribution >= 0.6 is 23.2 Å². The van der Waals surface area contributed by atoms with Gasteiger partial charge >= 0.3 is 6.18 Å². The van der Waals surface area contributed by atoms with Crippen LogP contribution in [-0.4, -0.2) is 15.9 Å². The Kier molecular flexibility index (Phi) is 4.34. The number of hydrogen-bond donors (Lipinski definition) is 1. The highest BCUT2D eigenvalue weighted by Crippen LogP contribution is 2.30. The number of benzene rings is 1. The first-order valence-electron chi connectivity index (χ1n) is 5.44. The van der Waals surface area contributed by atoms with Crippen LogP contribution < -0.4 is 5.32 Å². The molecule has 0 atom stereocenters. The van der Waals surface area contributed by atoms with Crippen LogP contribution in [0.15, 0.2) is 30.5 Å². The van der Waals surface area contributed by atoms with E-state index in [9.17, 15) is 18.0 Å². The van der Waals surface area contributed by atoms with Gasteiger partial charge in [0.2, 0.25) is 5.28 Å². The summed E-state index contributed by atoms with van der Waals surface area (Å²) in [7, 11) is 0. The van der Waals surface area contributed by atoms with Gasteiger partial charge in [-0.1, -0.05) is 17.7 Å². The van der Waals surface area contributed by atoms with Crippen molar-refractivity contribution in [3.63, 3.8) is 0 Å². The third-order valence-corrected chi connectivity index (χ3v) is 2.88. The van der Waals surface area contributed by atoms with Crippen LogP contribution in [0.3, 0.4) is 0 Å². The van der Waals surface area contributed by atoms with Gasteiger partial charge in [0.25, 0.3) is 5.91 Å². The van der Waals surface area contributed by atoms with Crippen molar-refractivity contribution in [3.8, 4) is 0 Å². The second kappa shape index (κ2) is 5.87. The highest BCUT2D eigenvalue weighted by Gasteiger charge is 2.30. The van der Waals surface area contributed by atoms with E-state index in [0.717, 1.165) is 18.3 Å². The predicted octanol–water partition coefficient (Wildman–Crippen LogP) is 4.05. The summed E-state index contributed by atoms with van der Waals surface area (Å²) >= 11 is 11.2. The van der Waals surface area contributed by atoms with Crippen molar-refractivity contribution in [1.29, 1.82) is 0 Å². The molecule has 4 nitrogen and oxygen atoms in total.